The van der Waals surface area contributed by atoms with E-state index in [1.807, 2.05) is 37.3 Å². The zero-order valence-corrected chi connectivity index (χ0v) is 14.4. The number of anilines is 1. The van der Waals surface area contributed by atoms with Crippen LogP contribution in [0.25, 0.3) is 0 Å². The third kappa shape index (κ3) is 6.42. The van der Waals surface area contributed by atoms with E-state index in [4.69, 9.17) is 0 Å². The van der Waals surface area contributed by atoms with E-state index in [9.17, 15) is 9.59 Å². The Morgan fingerprint density at radius 2 is 1.88 bits per heavy atom. The molecule has 1 aromatic heterocycles. The van der Waals surface area contributed by atoms with Gasteiger partial charge in [-0.3, -0.25) is 9.59 Å². The summed E-state index contributed by atoms with van der Waals surface area (Å²) in [5.41, 5.74) is 1.19. The maximum absolute atomic E-state index is 12.0. The van der Waals surface area contributed by atoms with Crippen molar-refractivity contribution in [1.29, 1.82) is 0 Å². The van der Waals surface area contributed by atoms with Crippen molar-refractivity contribution in [3.63, 3.8) is 0 Å². The van der Waals surface area contributed by atoms with Gasteiger partial charge in [-0.1, -0.05) is 36.4 Å². The fraction of sp³-hybridized carbons (Fsp3) is 0.278. The number of pyridine rings is 1. The number of hydrogen-bond donors (Lipinski definition) is 2. The summed E-state index contributed by atoms with van der Waals surface area (Å²) in [7, 11) is 0. The Kier molecular flexibility index (Phi) is 7.29. The Labute approximate surface area is 146 Å². The molecule has 0 saturated carbocycles. The number of benzene rings is 1. The van der Waals surface area contributed by atoms with E-state index in [1.54, 1.807) is 36.2 Å². The molecule has 1 heterocycles. The number of nitrogens with one attached hydrogen (secondary N) is 2. The molecule has 0 saturated heterocycles. The summed E-state index contributed by atoms with van der Waals surface area (Å²) in [4.78, 5) is 27.8. The van der Waals surface area contributed by atoms with Crippen molar-refractivity contribution in [3.8, 4) is 0 Å². The first kappa shape index (κ1) is 18.0. The Hall–Kier alpha value is -2.34. The highest BCUT2D eigenvalue weighted by Gasteiger charge is 2.13. The summed E-state index contributed by atoms with van der Waals surface area (Å²) in [6.07, 6.45) is 1.83. The summed E-state index contributed by atoms with van der Waals surface area (Å²) in [6.45, 7) is 2.19. The summed E-state index contributed by atoms with van der Waals surface area (Å²) in [5.74, 6) is 1.08. The summed E-state index contributed by atoms with van der Waals surface area (Å²) < 4.78 is 0. The summed E-state index contributed by atoms with van der Waals surface area (Å²) >= 11 is 1.58. The first-order chi connectivity index (χ1) is 11.6. The van der Waals surface area contributed by atoms with Crippen LogP contribution in [0, 0.1) is 0 Å². The van der Waals surface area contributed by atoms with Crippen molar-refractivity contribution in [2.24, 2.45) is 0 Å². The topological polar surface area (TPSA) is 71.1 Å². The Balaban J connectivity index is 1.64. The minimum Gasteiger partial charge on any atom is -0.355 e. The van der Waals surface area contributed by atoms with E-state index in [0.29, 0.717) is 12.4 Å². The smallest absolute Gasteiger partial charge is 0.232 e. The molecular formula is C18H21N3O2S. The normalized spacial score (nSPS) is 11.5. The molecule has 1 unspecified atom stereocenters. The molecule has 0 fully saturated rings. The van der Waals surface area contributed by atoms with E-state index in [-0.39, 0.29) is 23.5 Å². The third-order valence-corrected chi connectivity index (χ3v) is 4.51. The van der Waals surface area contributed by atoms with Gasteiger partial charge >= 0.3 is 0 Å². The quantitative estimate of drug-likeness (QED) is 0.773. The second kappa shape index (κ2) is 9.72. The minimum absolute atomic E-state index is 0.0541. The number of hydrogen-bond acceptors (Lipinski definition) is 4. The van der Waals surface area contributed by atoms with Crippen LogP contribution >= 0.6 is 11.8 Å². The van der Waals surface area contributed by atoms with E-state index < -0.39 is 0 Å². The van der Waals surface area contributed by atoms with Gasteiger partial charge in [0, 0.05) is 24.9 Å². The lowest BCUT2D eigenvalue weighted by atomic mass is 10.2. The van der Waals surface area contributed by atoms with Crippen LogP contribution in [0.4, 0.5) is 5.82 Å². The van der Waals surface area contributed by atoms with Gasteiger partial charge in [0.15, 0.2) is 0 Å². The molecule has 2 N–H and O–H groups in total. The maximum Gasteiger partial charge on any atom is 0.232 e. The molecule has 5 nitrogen and oxygen atoms in total. The largest absolute Gasteiger partial charge is 0.355 e. The zero-order valence-electron chi connectivity index (χ0n) is 13.6. The molecule has 24 heavy (non-hydrogen) atoms. The van der Waals surface area contributed by atoms with Crippen LogP contribution in [0.3, 0.4) is 0 Å². The first-order valence-electron chi connectivity index (χ1n) is 7.79. The lowest BCUT2D eigenvalue weighted by Crippen LogP contribution is -2.33. The number of rotatable bonds is 8. The number of nitrogens with zero attached hydrogens (tertiary/aromatic N) is 1. The highest BCUT2D eigenvalue weighted by atomic mass is 32.2. The predicted octanol–water partition coefficient (Wildman–Crippen LogP) is 2.85. The van der Waals surface area contributed by atoms with E-state index in [0.717, 1.165) is 5.75 Å². The molecule has 2 amide bonds. The minimum atomic E-state index is -0.168. The van der Waals surface area contributed by atoms with Gasteiger partial charge in [0.1, 0.15) is 5.82 Å². The van der Waals surface area contributed by atoms with Crippen LogP contribution in [-0.2, 0) is 15.3 Å². The van der Waals surface area contributed by atoms with Crippen molar-refractivity contribution in [2.75, 3.05) is 11.9 Å². The van der Waals surface area contributed by atoms with Crippen LogP contribution in [0.2, 0.25) is 0 Å². The van der Waals surface area contributed by atoms with Crippen LogP contribution in [-0.4, -0.2) is 28.6 Å². The van der Waals surface area contributed by atoms with Gasteiger partial charge in [0.2, 0.25) is 11.8 Å². The monoisotopic (exact) mass is 343 g/mol. The highest BCUT2D eigenvalue weighted by Crippen LogP contribution is 2.17. The number of thioether (sulfide) groups is 1. The molecular weight excluding hydrogens is 322 g/mol. The zero-order chi connectivity index (χ0) is 17.2. The third-order valence-electron chi connectivity index (χ3n) is 3.30. The van der Waals surface area contributed by atoms with Gasteiger partial charge in [-0.2, -0.15) is 0 Å². The second-order valence-corrected chi connectivity index (χ2v) is 6.57. The van der Waals surface area contributed by atoms with Gasteiger partial charge in [-0.25, -0.2) is 4.98 Å². The number of carbonyl (C=O) groups is 2. The average molecular weight is 343 g/mol. The van der Waals surface area contributed by atoms with Gasteiger partial charge in [-0.15, -0.1) is 11.8 Å². The van der Waals surface area contributed by atoms with E-state index in [1.165, 1.54) is 5.56 Å². The molecule has 0 aliphatic carbocycles. The highest BCUT2D eigenvalue weighted by molar-refractivity contribution is 7.99. The molecule has 0 aliphatic heterocycles. The Morgan fingerprint density at radius 1 is 1.12 bits per heavy atom. The van der Waals surface area contributed by atoms with Gasteiger partial charge < -0.3 is 10.6 Å². The molecule has 1 aromatic carbocycles. The molecule has 2 aromatic rings. The predicted molar refractivity (Wildman–Crippen MR) is 97.7 cm³/mol. The van der Waals surface area contributed by atoms with Gasteiger partial charge in [-0.05, 0) is 24.6 Å². The van der Waals surface area contributed by atoms with Crippen LogP contribution in [0.5, 0.6) is 0 Å². The fourth-order valence-corrected chi connectivity index (χ4v) is 2.83. The summed E-state index contributed by atoms with van der Waals surface area (Å²) in [6, 6.07) is 15.3. The molecule has 0 spiro atoms. The number of amides is 2. The molecule has 6 heteroatoms. The van der Waals surface area contributed by atoms with Crippen LogP contribution < -0.4 is 10.6 Å². The molecule has 0 aliphatic rings. The first-order valence-corrected chi connectivity index (χ1v) is 8.84. The average Bonchev–Trinajstić information content (AvgIpc) is 2.61. The fourth-order valence-electron chi connectivity index (χ4n) is 1.96. The Morgan fingerprint density at radius 3 is 2.58 bits per heavy atom. The number of aromatic nitrogens is 1. The lowest BCUT2D eigenvalue weighted by molar-refractivity contribution is -0.120. The van der Waals surface area contributed by atoms with Crippen molar-refractivity contribution in [2.45, 2.75) is 24.3 Å². The molecule has 2 rings (SSSR count). The van der Waals surface area contributed by atoms with Crippen molar-refractivity contribution >= 4 is 29.4 Å². The standard InChI is InChI=1S/C18H21N3O2S/c1-14(24-13-15-7-3-2-4-8-15)18(23)20-12-10-17(22)21-16-9-5-6-11-19-16/h2-9,11,14H,10,12-13H2,1H3,(H,20,23)(H,19,21,22). The lowest BCUT2D eigenvalue weighted by Gasteiger charge is -2.12. The molecule has 0 radical (unpaired) electrons. The van der Waals surface area contributed by atoms with Gasteiger partial charge in [0.05, 0.1) is 5.25 Å². The van der Waals surface area contributed by atoms with Crippen LogP contribution in [0.1, 0.15) is 18.9 Å². The molecule has 0 bridgehead atoms. The SMILES string of the molecule is CC(SCc1ccccc1)C(=O)NCCC(=O)Nc1ccccn1. The number of carbonyl (C=O) groups excluding carboxylic acids is 2. The van der Waals surface area contributed by atoms with Gasteiger partial charge in [0.25, 0.3) is 0 Å². The van der Waals surface area contributed by atoms with Crippen molar-refractivity contribution < 1.29 is 9.59 Å². The van der Waals surface area contributed by atoms with Crippen LogP contribution in [0.15, 0.2) is 54.7 Å². The molecule has 1 atom stereocenters. The summed E-state index contributed by atoms with van der Waals surface area (Å²) in [5, 5.41) is 5.32. The molecule has 126 valence electrons. The van der Waals surface area contributed by atoms with E-state index >= 15 is 0 Å². The van der Waals surface area contributed by atoms with E-state index in [2.05, 4.69) is 15.6 Å². The maximum atomic E-state index is 12.0. The second-order valence-electron chi connectivity index (χ2n) is 5.24. The van der Waals surface area contributed by atoms with Crippen molar-refractivity contribution in [3.05, 3.63) is 60.3 Å². The van der Waals surface area contributed by atoms with Crippen molar-refractivity contribution in [1.82, 2.24) is 10.3 Å². The Bertz CT molecular complexity index is 650.